The van der Waals surface area contributed by atoms with Crippen LogP contribution in [0.4, 0.5) is 15.6 Å². The summed E-state index contributed by atoms with van der Waals surface area (Å²) in [5.41, 5.74) is 1.68. The number of urea groups is 1. The van der Waals surface area contributed by atoms with Gasteiger partial charge in [0, 0.05) is 15.7 Å². The molecule has 7 heteroatoms. The highest BCUT2D eigenvalue weighted by Gasteiger charge is 2.09. The minimum Gasteiger partial charge on any atom is -0.308 e. The molecule has 0 atom stereocenters. The smallest absolute Gasteiger partial charge is 0.308 e. The summed E-state index contributed by atoms with van der Waals surface area (Å²) in [4.78, 5) is 11.9. The van der Waals surface area contributed by atoms with Crippen LogP contribution in [0.3, 0.4) is 0 Å². The van der Waals surface area contributed by atoms with E-state index in [1.54, 1.807) is 0 Å². The van der Waals surface area contributed by atoms with Gasteiger partial charge in [0.15, 0.2) is 0 Å². The zero-order valence-corrected chi connectivity index (χ0v) is 13.7. The number of amides is 2. The third-order valence-electron chi connectivity index (χ3n) is 2.77. The van der Waals surface area contributed by atoms with Gasteiger partial charge in [0.25, 0.3) is 0 Å². The van der Waals surface area contributed by atoms with Crippen molar-refractivity contribution < 1.29 is 4.79 Å². The molecular weight excluding hydrogens is 364 g/mol. The largest absolute Gasteiger partial charge is 0.325 e. The number of para-hydroxylation sites is 1. The molecule has 3 aromatic rings. The molecule has 3 rings (SSSR count). The van der Waals surface area contributed by atoms with E-state index in [9.17, 15) is 4.79 Å². The number of nitrogens with zero attached hydrogens (tertiary/aromatic N) is 2. The highest BCUT2D eigenvalue weighted by Crippen LogP contribution is 2.27. The van der Waals surface area contributed by atoms with Gasteiger partial charge in [0.2, 0.25) is 5.13 Å². The molecule has 0 saturated carbocycles. The van der Waals surface area contributed by atoms with Crippen LogP contribution in [-0.4, -0.2) is 16.2 Å². The quantitative estimate of drug-likeness (QED) is 0.703. The molecule has 5 nitrogen and oxygen atoms in total. The molecular formula is C15H11BrN4OS. The van der Waals surface area contributed by atoms with E-state index < -0.39 is 0 Å². The first kappa shape index (κ1) is 14.7. The van der Waals surface area contributed by atoms with Gasteiger partial charge in [-0.2, -0.15) is 0 Å². The van der Waals surface area contributed by atoms with Gasteiger partial charge in [0.1, 0.15) is 5.01 Å². The summed E-state index contributed by atoms with van der Waals surface area (Å²) in [6.45, 7) is 0. The molecule has 0 spiro atoms. The van der Waals surface area contributed by atoms with Crippen molar-refractivity contribution in [1.82, 2.24) is 10.2 Å². The van der Waals surface area contributed by atoms with Crippen LogP contribution in [0.25, 0.3) is 10.6 Å². The van der Waals surface area contributed by atoms with Gasteiger partial charge in [0.05, 0.1) is 0 Å². The number of halogens is 1. The number of nitrogens with one attached hydrogen (secondary N) is 2. The van der Waals surface area contributed by atoms with Gasteiger partial charge in [-0.25, -0.2) is 4.79 Å². The number of rotatable bonds is 3. The molecule has 2 amide bonds. The normalized spacial score (nSPS) is 10.2. The molecule has 0 aliphatic carbocycles. The van der Waals surface area contributed by atoms with Crippen LogP contribution >= 0.6 is 27.3 Å². The standard InChI is InChI=1S/C15H11BrN4OS/c16-11-8-6-10(7-9-11)13-19-20-15(22-13)18-14(21)17-12-4-2-1-3-5-12/h1-9H,(H2,17,18,20,21). The van der Waals surface area contributed by atoms with Crippen LogP contribution in [0.1, 0.15) is 0 Å². The molecule has 0 unspecified atom stereocenters. The number of benzene rings is 2. The molecule has 110 valence electrons. The minimum absolute atomic E-state index is 0.343. The number of carbonyl (C=O) groups excluding carboxylic acids is 1. The molecule has 2 aromatic carbocycles. The third-order valence-corrected chi connectivity index (χ3v) is 4.18. The van der Waals surface area contributed by atoms with Crippen LogP contribution < -0.4 is 10.6 Å². The average Bonchev–Trinajstić information content (AvgIpc) is 2.97. The Morgan fingerprint density at radius 2 is 1.68 bits per heavy atom. The fraction of sp³-hybridized carbons (Fsp3) is 0. The fourth-order valence-electron chi connectivity index (χ4n) is 1.76. The van der Waals surface area contributed by atoms with E-state index in [0.29, 0.717) is 5.13 Å². The first-order chi connectivity index (χ1) is 10.7. The second-order valence-corrected chi connectivity index (χ2v) is 6.26. The molecule has 1 aromatic heterocycles. The molecule has 0 bridgehead atoms. The molecule has 1 heterocycles. The van der Waals surface area contributed by atoms with Crippen molar-refractivity contribution in [3.05, 3.63) is 59.1 Å². The zero-order valence-electron chi connectivity index (χ0n) is 11.3. The molecule has 0 radical (unpaired) electrons. The van der Waals surface area contributed by atoms with Crippen LogP contribution in [0.15, 0.2) is 59.1 Å². The third kappa shape index (κ3) is 3.69. The lowest BCUT2D eigenvalue weighted by atomic mass is 10.2. The van der Waals surface area contributed by atoms with Crippen LogP contribution in [0, 0.1) is 0 Å². The van der Waals surface area contributed by atoms with E-state index in [4.69, 9.17) is 0 Å². The number of hydrogen-bond acceptors (Lipinski definition) is 4. The number of aromatic nitrogens is 2. The van der Waals surface area contributed by atoms with E-state index >= 15 is 0 Å². The number of carbonyl (C=O) groups is 1. The van der Waals surface area contributed by atoms with Crippen molar-refractivity contribution in [2.24, 2.45) is 0 Å². The molecule has 22 heavy (non-hydrogen) atoms. The number of hydrogen-bond donors (Lipinski definition) is 2. The summed E-state index contributed by atoms with van der Waals surface area (Å²) in [6, 6.07) is 16.6. The van der Waals surface area contributed by atoms with E-state index in [1.165, 1.54) is 11.3 Å². The maximum atomic E-state index is 11.9. The Morgan fingerprint density at radius 1 is 0.955 bits per heavy atom. The van der Waals surface area contributed by atoms with Crippen molar-refractivity contribution in [3.63, 3.8) is 0 Å². The number of anilines is 2. The van der Waals surface area contributed by atoms with Crippen LogP contribution in [0.5, 0.6) is 0 Å². The lowest BCUT2D eigenvalue weighted by molar-refractivity contribution is 0.262. The topological polar surface area (TPSA) is 66.9 Å². The molecule has 0 aliphatic heterocycles. The summed E-state index contributed by atoms with van der Waals surface area (Å²) in [5, 5.41) is 14.7. The Labute approximate surface area is 139 Å². The van der Waals surface area contributed by atoms with Gasteiger partial charge in [-0.05, 0) is 24.3 Å². The molecule has 2 N–H and O–H groups in total. The lowest BCUT2D eigenvalue weighted by Gasteiger charge is -2.03. The van der Waals surface area contributed by atoms with Crippen molar-refractivity contribution in [2.75, 3.05) is 10.6 Å². The summed E-state index contributed by atoms with van der Waals surface area (Å²) in [7, 11) is 0. The van der Waals surface area contributed by atoms with Crippen LogP contribution in [-0.2, 0) is 0 Å². The predicted molar refractivity (Wildman–Crippen MR) is 92.1 cm³/mol. The summed E-state index contributed by atoms with van der Waals surface area (Å²) in [5.74, 6) is 0. The van der Waals surface area contributed by atoms with Gasteiger partial charge in [-0.3, -0.25) is 5.32 Å². The van der Waals surface area contributed by atoms with Crippen molar-refractivity contribution in [1.29, 1.82) is 0 Å². The van der Waals surface area contributed by atoms with Gasteiger partial charge in [-0.15, -0.1) is 10.2 Å². The lowest BCUT2D eigenvalue weighted by Crippen LogP contribution is -2.19. The average molecular weight is 375 g/mol. The van der Waals surface area contributed by atoms with Gasteiger partial charge >= 0.3 is 6.03 Å². The highest BCUT2D eigenvalue weighted by atomic mass is 79.9. The van der Waals surface area contributed by atoms with E-state index in [1.807, 2.05) is 54.6 Å². The van der Waals surface area contributed by atoms with Crippen LogP contribution in [0.2, 0.25) is 0 Å². The van der Waals surface area contributed by atoms with Gasteiger partial charge in [-0.1, -0.05) is 57.6 Å². The predicted octanol–water partition coefficient (Wildman–Crippen LogP) is 4.61. The minimum atomic E-state index is -0.343. The Balaban J connectivity index is 1.66. The Morgan fingerprint density at radius 3 is 2.41 bits per heavy atom. The van der Waals surface area contributed by atoms with E-state index in [0.717, 1.165) is 20.7 Å². The van der Waals surface area contributed by atoms with Gasteiger partial charge < -0.3 is 5.32 Å². The molecule has 0 fully saturated rings. The highest BCUT2D eigenvalue weighted by molar-refractivity contribution is 9.10. The molecule has 0 aliphatic rings. The molecule has 0 saturated heterocycles. The summed E-state index contributed by atoms with van der Waals surface area (Å²) >= 11 is 4.71. The monoisotopic (exact) mass is 374 g/mol. The van der Waals surface area contributed by atoms with Crippen molar-refractivity contribution >= 4 is 44.1 Å². The zero-order chi connectivity index (χ0) is 15.4. The van der Waals surface area contributed by atoms with E-state index in [-0.39, 0.29) is 6.03 Å². The second kappa shape index (κ2) is 6.67. The van der Waals surface area contributed by atoms with E-state index in [2.05, 4.69) is 36.8 Å². The van der Waals surface area contributed by atoms with Crippen molar-refractivity contribution in [3.8, 4) is 10.6 Å². The first-order valence-electron chi connectivity index (χ1n) is 6.43. The Bertz CT molecular complexity index is 774. The maximum Gasteiger partial charge on any atom is 0.325 e. The Kier molecular flexibility index (Phi) is 4.45. The maximum absolute atomic E-state index is 11.9. The SMILES string of the molecule is O=C(Nc1ccccc1)Nc1nnc(-c2ccc(Br)cc2)s1. The fourth-order valence-corrected chi connectivity index (χ4v) is 2.77. The van der Waals surface area contributed by atoms with Crippen molar-refractivity contribution in [2.45, 2.75) is 0 Å². The summed E-state index contributed by atoms with van der Waals surface area (Å²) in [6.07, 6.45) is 0. The first-order valence-corrected chi connectivity index (χ1v) is 8.04. The summed E-state index contributed by atoms with van der Waals surface area (Å²) < 4.78 is 1.00. The Hall–Kier alpha value is -2.25. The second-order valence-electron chi connectivity index (χ2n) is 4.36.